The number of para-hydroxylation sites is 1. The van der Waals surface area contributed by atoms with Crippen molar-refractivity contribution in [3.05, 3.63) is 101 Å². The van der Waals surface area contributed by atoms with Gasteiger partial charge in [0.25, 0.3) is 11.7 Å². The lowest BCUT2D eigenvalue weighted by molar-refractivity contribution is -0.132. The Morgan fingerprint density at radius 1 is 0.972 bits per heavy atom. The van der Waals surface area contributed by atoms with Crippen LogP contribution in [0.5, 0.6) is 5.75 Å². The Kier molecular flexibility index (Phi) is 5.88. The van der Waals surface area contributed by atoms with Crippen LogP contribution in [-0.4, -0.2) is 27.9 Å². The number of aromatic nitrogens is 1. The highest BCUT2D eigenvalue weighted by molar-refractivity contribution is 6.51. The second-order valence-electron chi connectivity index (χ2n) is 9.50. The molecule has 1 aromatic heterocycles. The van der Waals surface area contributed by atoms with Gasteiger partial charge in [0.1, 0.15) is 11.5 Å². The lowest BCUT2D eigenvalue weighted by Gasteiger charge is -2.26. The summed E-state index contributed by atoms with van der Waals surface area (Å²) in [6.07, 6.45) is 1.62. The molecular weight excluding hydrogens is 452 g/mol. The predicted octanol–water partition coefficient (Wildman–Crippen LogP) is 6.20. The number of aromatic amines is 1. The number of ether oxygens (including phenoxy) is 1. The number of hydrogen-bond donors (Lipinski definition) is 2. The van der Waals surface area contributed by atoms with Gasteiger partial charge in [-0.1, -0.05) is 36.4 Å². The third-order valence-corrected chi connectivity index (χ3v) is 6.32. The number of H-pyrrole nitrogens is 1. The van der Waals surface area contributed by atoms with E-state index in [2.05, 4.69) is 4.98 Å². The van der Waals surface area contributed by atoms with Gasteiger partial charge in [0.05, 0.1) is 17.7 Å². The van der Waals surface area contributed by atoms with Crippen LogP contribution >= 0.6 is 0 Å². The number of benzene rings is 3. The number of Topliss-reactive ketones (excluding diaryl/α,β-unsaturated/α-hetero) is 1. The van der Waals surface area contributed by atoms with Crippen LogP contribution in [0.3, 0.4) is 0 Å². The molecule has 6 nitrogen and oxygen atoms in total. The maximum atomic E-state index is 13.5. The Bertz CT molecular complexity index is 1510. The van der Waals surface area contributed by atoms with Gasteiger partial charge in [0.2, 0.25) is 0 Å². The quantitative estimate of drug-likeness (QED) is 0.202. The minimum Gasteiger partial charge on any atom is -0.507 e. The molecule has 1 atom stereocenters. The van der Waals surface area contributed by atoms with E-state index in [1.807, 2.05) is 94.4 Å². The lowest BCUT2D eigenvalue weighted by Crippen LogP contribution is -2.29. The summed E-state index contributed by atoms with van der Waals surface area (Å²) in [5, 5.41) is 12.3. The number of anilines is 1. The Hall–Kier alpha value is -4.32. The van der Waals surface area contributed by atoms with Gasteiger partial charge >= 0.3 is 0 Å². The summed E-state index contributed by atoms with van der Waals surface area (Å²) in [7, 11) is 0. The summed E-state index contributed by atoms with van der Waals surface area (Å²) in [4.78, 5) is 31.7. The van der Waals surface area contributed by atoms with Crippen molar-refractivity contribution in [2.24, 2.45) is 0 Å². The molecule has 1 amide bonds. The Balaban J connectivity index is 1.76. The van der Waals surface area contributed by atoms with E-state index in [9.17, 15) is 14.7 Å². The van der Waals surface area contributed by atoms with Crippen LogP contribution < -0.4 is 9.64 Å². The van der Waals surface area contributed by atoms with E-state index in [1.165, 1.54) is 4.90 Å². The number of fused-ring (bicyclic) bond motifs is 1. The maximum absolute atomic E-state index is 13.5. The largest absolute Gasteiger partial charge is 0.507 e. The third-order valence-electron chi connectivity index (χ3n) is 6.32. The number of carbonyl (C=O) groups excluding carboxylic acids is 2. The molecular formula is C30H28N2O4. The van der Waals surface area contributed by atoms with Crippen molar-refractivity contribution in [3.8, 4) is 5.75 Å². The van der Waals surface area contributed by atoms with Crippen LogP contribution in [0.4, 0.5) is 5.69 Å². The Morgan fingerprint density at radius 3 is 2.42 bits per heavy atom. The highest BCUT2D eigenvalue weighted by Gasteiger charge is 2.47. The van der Waals surface area contributed by atoms with E-state index in [1.54, 1.807) is 6.20 Å². The van der Waals surface area contributed by atoms with Crippen molar-refractivity contribution < 1.29 is 19.4 Å². The molecule has 1 saturated heterocycles. The summed E-state index contributed by atoms with van der Waals surface area (Å²) in [6.45, 7) is 7.77. The molecule has 0 saturated carbocycles. The minimum absolute atomic E-state index is 0.0442. The molecule has 2 heterocycles. The van der Waals surface area contributed by atoms with E-state index in [0.717, 1.165) is 22.0 Å². The number of aliphatic hydroxyl groups is 1. The topological polar surface area (TPSA) is 82.6 Å². The summed E-state index contributed by atoms with van der Waals surface area (Å²) in [6, 6.07) is 19.8. The molecule has 5 rings (SSSR count). The van der Waals surface area contributed by atoms with Gasteiger partial charge < -0.3 is 14.8 Å². The Labute approximate surface area is 209 Å². The van der Waals surface area contributed by atoms with Crippen molar-refractivity contribution in [2.75, 3.05) is 4.90 Å². The van der Waals surface area contributed by atoms with Crippen LogP contribution in [0.25, 0.3) is 16.7 Å². The van der Waals surface area contributed by atoms with E-state index >= 15 is 0 Å². The molecule has 36 heavy (non-hydrogen) atoms. The average Bonchev–Trinajstić information content (AvgIpc) is 3.37. The molecule has 3 aromatic carbocycles. The number of nitrogens with one attached hydrogen (secondary N) is 1. The average molecular weight is 481 g/mol. The van der Waals surface area contributed by atoms with Gasteiger partial charge in [0.15, 0.2) is 0 Å². The van der Waals surface area contributed by atoms with E-state index in [0.29, 0.717) is 22.6 Å². The number of nitrogens with zero attached hydrogens (tertiary/aromatic N) is 1. The van der Waals surface area contributed by atoms with Crippen LogP contribution in [0.1, 0.15) is 42.1 Å². The summed E-state index contributed by atoms with van der Waals surface area (Å²) < 4.78 is 5.90. The van der Waals surface area contributed by atoms with Crippen molar-refractivity contribution in [1.29, 1.82) is 0 Å². The zero-order valence-electron chi connectivity index (χ0n) is 20.7. The number of ketones is 1. The molecule has 1 unspecified atom stereocenters. The van der Waals surface area contributed by atoms with Crippen molar-refractivity contribution >= 4 is 34.0 Å². The third kappa shape index (κ3) is 4.05. The molecule has 2 N–H and O–H groups in total. The number of aryl methyl sites for hydroxylation is 2. The van der Waals surface area contributed by atoms with Gasteiger partial charge in [-0.25, -0.2) is 0 Å². The molecule has 182 valence electrons. The normalized spacial score (nSPS) is 17.4. The molecule has 4 aromatic rings. The first-order chi connectivity index (χ1) is 17.2. The van der Waals surface area contributed by atoms with E-state index in [-0.39, 0.29) is 17.4 Å². The van der Waals surface area contributed by atoms with Crippen LogP contribution in [-0.2, 0) is 9.59 Å². The maximum Gasteiger partial charge on any atom is 0.300 e. The van der Waals surface area contributed by atoms with Crippen molar-refractivity contribution in [1.82, 2.24) is 4.98 Å². The smallest absolute Gasteiger partial charge is 0.300 e. The molecule has 0 spiro atoms. The number of hydrogen-bond acceptors (Lipinski definition) is 4. The number of aliphatic hydroxyl groups excluding tert-OH is 1. The molecule has 0 bridgehead atoms. The Morgan fingerprint density at radius 2 is 1.69 bits per heavy atom. The zero-order valence-corrected chi connectivity index (χ0v) is 20.7. The van der Waals surface area contributed by atoms with Gasteiger partial charge in [0, 0.05) is 28.4 Å². The van der Waals surface area contributed by atoms with Crippen LogP contribution in [0.15, 0.2) is 78.5 Å². The second kappa shape index (κ2) is 9.04. The second-order valence-corrected chi connectivity index (χ2v) is 9.50. The summed E-state index contributed by atoms with van der Waals surface area (Å²) in [5.74, 6) is -0.989. The highest BCUT2D eigenvalue weighted by Crippen LogP contribution is 2.44. The van der Waals surface area contributed by atoms with Crippen LogP contribution in [0.2, 0.25) is 0 Å². The predicted molar refractivity (Wildman–Crippen MR) is 141 cm³/mol. The molecule has 0 aliphatic carbocycles. The summed E-state index contributed by atoms with van der Waals surface area (Å²) in [5.41, 5.74) is 4.57. The van der Waals surface area contributed by atoms with Crippen LogP contribution in [0, 0.1) is 13.8 Å². The standard InChI is InChI=1S/C30H28N2O4/c1-17(2)36-22-9-7-8-20(15-22)27-26(28(33)24-16-31-25-11-6-5-10-23(24)25)29(34)30(35)32(27)21-13-18(3)12-19(4)14-21/h5-17,27,31,33H,1-4H3/b28-26-. The lowest BCUT2D eigenvalue weighted by atomic mass is 9.94. The molecule has 1 fully saturated rings. The van der Waals surface area contributed by atoms with E-state index < -0.39 is 17.7 Å². The number of carbonyl (C=O) groups is 2. The van der Waals surface area contributed by atoms with Gasteiger partial charge in [-0.3, -0.25) is 14.5 Å². The fourth-order valence-electron chi connectivity index (χ4n) is 4.95. The van der Waals surface area contributed by atoms with Crippen molar-refractivity contribution in [3.63, 3.8) is 0 Å². The fraction of sp³-hybridized carbons (Fsp3) is 0.200. The minimum atomic E-state index is -0.824. The molecule has 1 aliphatic rings. The zero-order chi connectivity index (χ0) is 25.6. The highest BCUT2D eigenvalue weighted by atomic mass is 16.5. The molecule has 0 radical (unpaired) electrons. The van der Waals surface area contributed by atoms with Crippen molar-refractivity contribution in [2.45, 2.75) is 39.8 Å². The monoisotopic (exact) mass is 480 g/mol. The first-order valence-electron chi connectivity index (χ1n) is 12.0. The fourth-order valence-corrected chi connectivity index (χ4v) is 4.95. The SMILES string of the molecule is Cc1cc(C)cc(N2C(=O)C(=O)/C(=C(\O)c3c[nH]c4ccccc34)C2c2cccc(OC(C)C)c2)c1. The molecule has 1 aliphatic heterocycles. The van der Waals surface area contributed by atoms with Gasteiger partial charge in [-0.05, 0) is 74.7 Å². The first-order valence-corrected chi connectivity index (χ1v) is 12.0. The molecule has 6 heteroatoms. The number of rotatable bonds is 5. The van der Waals surface area contributed by atoms with E-state index in [4.69, 9.17) is 4.74 Å². The first kappa shape index (κ1) is 23.4. The van der Waals surface area contributed by atoms with Gasteiger partial charge in [-0.2, -0.15) is 0 Å². The summed E-state index contributed by atoms with van der Waals surface area (Å²) >= 11 is 0. The van der Waals surface area contributed by atoms with Gasteiger partial charge in [-0.15, -0.1) is 0 Å². The number of amides is 1.